The van der Waals surface area contributed by atoms with Crippen molar-refractivity contribution in [3.63, 3.8) is 0 Å². The summed E-state index contributed by atoms with van der Waals surface area (Å²) in [5.74, 6) is 0.241. The monoisotopic (exact) mass is 520 g/mol. The Bertz CT molecular complexity index is 1140. The van der Waals surface area contributed by atoms with Crippen LogP contribution >= 0.6 is 0 Å². The summed E-state index contributed by atoms with van der Waals surface area (Å²) in [6.45, 7) is 1.63. The second-order valence-corrected chi connectivity index (χ2v) is 15.0. The van der Waals surface area contributed by atoms with Crippen molar-refractivity contribution in [1.29, 1.82) is 0 Å². The number of hydrogen-bond acceptors (Lipinski definition) is 9. The fourth-order valence-corrected chi connectivity index (χ4v) is 10.1. The van der Waals surface area contributed by atoms with E-state index < -0.39 is 52.2 Å². The smallest absolute Gasteiger partial charge is 0.224 e. The van der Waals surface area contributed by atoms with Gasteiger partial charge in [0.05, 0.1) is 44.2 Å². The van der Waals surface area contributed by atoms with Crippen LogP contribution in [0.2, 0.25) is 0 Å². The number of methoxy groups -OCH3 is 1. The standard InChI is InChI=1S/C16H28N2O9S4/c1-7-9-15(17(28(3,19)20)29(4,21)22)16(13-10-8-11-14(12-13)27-2)18(30(5,23)24)31(6,25)26/h8,10-12,15-16H,7,9H2,1-6H3/t15-,16+/m1/s1. The Labute approximate surface area is 185 Å². The number of benzene rings is 1. The average molecular weight is 521 g/mol. The van der Waals surface area contributed by atoms with Crippen LogP contribution in [0.3, 0.4) is 0 Å². The number of sulfonamides is 4. The highest BCUT2D eigenvalue weighted by molar-refractivity contribution is 8.04. The molecule has 0 radical (unpaired) electrons. The summed E-state index contributed by atoms with van der Waals surface area (Å²) >= 11 is 0. The summed E-state index contributed by atoms with van der Waals surface area (Å²) in [5.41, 5.74) is 0.0472. The Kier molecular flexibility index (Phi) is 8.69. The van der Waals surface area contributed by atoms with Crippen LogP contribution in [0.1, 0.15) is 31.4 Å². The SMILES string of the molecule is CCC[C@H]([C@H](c1cccc(OC)c1)N(S(C)(=O)=O)S(C)(=O)=O)N(S(C)(=O)=O)S(C)(=O)=O. The molecule has 0 aromatic heterocycles. The molecule has 0 spiro atoms. The van der Waals surface area contributed by atoms with Crippen molar-refractivity contribution in [1.82, 2.24) is 7.42 Å². The van der Waals surface area contributed by atoms with Crippen molar-refractivity contribution < 1.29 is 38.4 Å². The van der Waals surface area contributed by atoms with E-state index in [4.69, 9.17) is 4.74 Å². The van der Waals surface area contributed by atoms with Gasteiger partial charge in [-0.25, -0.2) is 33.7 Å². The van der Waals surface area contributed by atoms with Crippen LogP contribution in [0.4, 0.5) is 0 Å². The van der Waals surface area contributed by atoms with Gasteiger partial charge in [-0.3, -0.25) is 0 Å². The van der Waals surface area contributed by atoms with Crippen molar-refractivity contribution in [3.05, 3.63) is 29.8 Å². The van der Waals surface area contributed by atoms with Gasteiger partial charge in [0.15, 0.2) is 0 Å². The third kappa shape index (κ3) is 7.12. The molecule has 31 heavy (non-hydrogen) atoms. The van der Waals surface area contributed by atoms with Gasteiger partial charge < -0.3 is 4.74 Å². The first kappa shape index (κ1) is 27.8. The average Bonchev–Trinajstić information content (AvgIpc) is 2.54. The third-order valence-electron chi connectivity index (χ3n) is 4.19. The Morgan fingerprint density at radius 1 is 0.806 bits per heavy atom. The highest BCUT2D eigenvalue weighted by Crippen LogP contribution is 2.37. The molecule has 0 saturated heterocycles. The van der Waals surface area contributed by atoms with Crippen LogP contribution in [-0.4, -0.2) is 79.3 Å². The molecule has 0 N–H and O–H groups in total. The van der Waals surface area contributed by atoms with Gasteiger partial charge in [0.25, 0.3) is 0 Å². The highest BCUT2D eigenvalue weighted by Gasteiger charge is 2.47. The Balaban J connectivity index is 4.13. The van der Waals surface area contributed by atoms with Gasteiger partial charge in [-0.1, -0.05) is 32.9 Å². The molecule has 0 heterocycles. The van der Waals surface area contributed by atoms with Gasteiger partial charge in [-0.2, -0.15) is 0 Å². The third-order valence-corrected chi connectivity index (χ3v) is 11.0. The van der Waals surface area contributed by atoms with E-state index in [1.54, 1.807) is 6.92 Å². The first-order chi connectivity index (χ1) is 13.9. The molecular weight excluding hydrogens is 492 g/mol. The van der Waals surface area contributed by atoms with Gasteiger partial charge in [-0.05, 0) is 24.1 Å². The van der Waals surface area contributed by atoms with Crippen LogP contribution in [0, 0.1) is 0 Å². The van der Waals surface area contributed by atoms with Crippen LogP contribution in [0.15, 0.2) is 24.3 Å². The molecular formula is C16H28N2O9S4. The molecule has 0 bridgehead atoms. The van der Waals surface area contributed by atoms with E-state index >= 15 is 0 Å². The Morgan fingerprint density at radius 2 is 1.26 bits per heavy atom. The van der Waals surface area contributed by atoms with Crippen LogP contribution < -0.4 is 4.74 Å². The van der Waals surface area contributed by atoms with E-state index in [1.807, 2.05) is 0 Å². The summed E-state index contributed by atoms with van der Waals surface area (Å²) in [6, 6.07) is 2.40. The van der Waals surface area contributed by atoms with Crippen LogP contribution in [0.25, 0.3) is 0 Å². The number of hydrogen-bond donors (Lipinski definition) is 0. The minimum absolute atomic E-state index is 0.0472. The molecule has 2 atom stereocenters. The first-order valence-corrected chi connectivity index (χ1v) is 16.3. The quantitative estimate of drug-likeness (QED) is 0.402. The molecule has 15 heteroatoms. The predicted molar refractivity (Wildman–Crippen MR) is 117 cm³/mol. The van der Waals surface area contributed by atoms with E-state index in [0.29, 0.717) is 25.0 Å². The summed E-state index contributed by atoms with van der Waals surface area (Å²) in [5, 5.41) is 0. The molecule has 11 nitrogen and oxygen atoms in total. The topological polar surface area (TPSA) is 152 Å². The molecule has 0 unspecified atom stereocenters. The lowest BCUT2D eigenvalue weighted by atomic mass is 9.97. The minimum atomic E-state index is -4.49. The molecule has 0 aliphatic carbocycles. The molecule has 0 saturated carbocycles. The molecule has 1 aromatic carbocycles. The van der Waals surface area contributed by atoms with Gasteiger partial charge in [0, 0.05) is 0 Å². The van der Waals surface area contributed by atoms with Gasteiger partial charge in [0.2, 0.25) is 40.1 Å². The number of ether oxygens (including phenoxy) is 1. The van der Waals surface area contributed by atoms with E-state index in [9.17, 15) is 33.7 Å². The molecule has 0 amide bonds. The molecule has 1 aromatic rings. The second kappa shape index (κ2) is 9.70. The maximum Gasteiger partial charge on any atom is 0.224 e. The summed E-state index contributed by atoms with van der Waals surface area (Å²) in [4.78, 5) is 0. The fourth-order valence-electron chi connectivity index (χ4n) is 3.38. The Morgan fingerprint density at radius 3 is 1.61 bits per heavy atom. The maximum absolute atomic E-state index is 12.6. The number of rotatable bonds is 11. The zero-order valence-electron chi connectivity index (χ0n) is 18.1. The maximum atomic E-state index is 12.6. The first-order valence-electron chi connectivity index (χ1n) is 8.88. The van der Waals surface area contributed by atoms with Crippen LogP contribution in [-0.2, 0) is 40.1 Å². The molecule has 0 aliphatic rings. The summed E-state index contributed by atoms with van der Waals surface area (Å²) in [7, 11) is -16.5. The molecule has 0 fully saturated rings. The van der Waals surface area contributed by atoms with Crippen molar-refractivity contribution in [2.24, 2.45) is 0 Å². The lowest BCUT2D eigenvalue weighted by molar-refractivity contribution is 0.284. The van der Waals surface area contributed by atoms with Gasteiger partial charge in [-0.15, -0.1) is 0 Å². The molecule has 1 rings (SSSR count). The summed E-state index contributed by atoms with van der Waals surface area (Å²) < 4.78 is 106. The Hall–Kier alpha value is -1.26. The highest BCUT2D eigenvalue weighted by atomic mass is 32.3. The normalized spacial score (nSPS) is 15.7. The van der Waals surface area contributed by atoms with E-state index in [2.05, 4.69) is 0 Å². The van der Waals surface area contributed by atoms with E-state index in [0.717, 1.165) is 0 Å². The zero-order chi connectivity index (χ0) is 24.4. The largest absolute Gasteiger partial charge is 0.497 e. The molecule has 0 aliphatic heterocycles. The lowest BCUT2D eigenvalue weighted by Gasteiger charge is -2.38. The van der Waals surface area contributed by atoms with Crippen molar-refractivity contribution in [2.45, 2.75) is 31.8 Å². The van der Waals surface area contributed by atoms with Gasteiger partial charge >= 0.3 is 0 Å². The number of nitrogens with zero attached hydrogens (tertiary/aromatic N) is 2. The van der Waals surface area contributed by atoms with Gasteiger partial charge in [0.1, 0.15) is 5.75 Å². The van der Waals surface area contributed by atoms with Crippen molar-refractivity contribution in [2.75, 3.05) is 32.1 Å². The van der Waals surface area contributed by atoms with Crippen molar-refractivity contribution in [3.8, 4) is 5.75 Å². The molecule has 180 valence electrons. The second-order valence-electron chi connectivity index (χ2n) is 7.08. The minimum Gasteiger partial charge on any atom is -0.497 e. The predicted octanol–water partition coefficient (Wildman–Crippen LogP) is 0.347. The van der Waals surface area contributed by atoms with E-state index in [-0.39, 0.29) is 31.6 Å². The lowest BCUT2D eigenvalue weighted by Crippen LogP contribution is -2.53. The van der Waals surface area contributed by atoms with E-state index in [1.165, 1.54) is 31.4 Å². The fraction of sp³-hybridized carbons (Fsp3) is 0.625. The zero-order valence-corrected chi connectivity index (χ0v) is 21.3. The summed E-state index contributed by atoms with van der Waals surface area (Å²) in [6.07, 6.45) is 2.69. The van der Waals surface area contributed by atoms with Crippen LogP contribution in [0.5, 0.6) is 5.75 Å². The van der Waals surface area contributed by atoms with Crippen molar-refractivity contribution >= 4 is 40.1 Å².